The van der Waals surface area contributed by atoms with E-state index in [-0.39, 0.29) is 17.9 Å². The van der Waals surface area contributed by atoms with Gasteiger partial charge < -0.3 is 5.11 Å². The maximum atomic E-state index is 10.9. The average molecular weight is 269 g/mol. The Bertz CT molecular complexity index is 795. The van der Waals surface area contributed by atoms with Crippen molar-refractivity contribution in [2.75, 3.05) is 0 Å². The number of hydrogen-bond donors (Lipinski definition) is 1. The SMILES string of the molecule is O=[N+]([O-])c1ccc(-n2ncc3ccccc32)cc1CO. The highest BCUT2D eigenvalue weighted by Gasteiger charge is 2.14. The molecule has 1 heterocycles. The van der Waals surface area contributed by atoms with E-state index in [1.807, 2.05) is 24.3 Å². The summed E-state index contributed by atoms with van der Waals surface area (Å²) in [6, 6.07) is 12.3. The highest BCUT2D eigenvalue weighted by molar-refractivity contribution is 5.80. The van der Waals surface area contributed by atoms with Crippen LogP contribution in [0.3, 0.4) is 0 Å². The Morgan fingerprint density at radius 3 is 2.80 bits per heavy atom. The van der Waals surface area contributed by atoms with Crippen LogP contribution >= 0.6 is 0 Å². The minimum Gasteiger partial charge on any atom is -0.391 e. The van der Waals surface area contributed by atoms with Gasteiger partial charge in [-0.3, -0.25) is 10.1 Å². The molecule has 0 bridgehead atoms. The first-order valence-corrected chi connectivity index (χ1v) is 6.02. The van der Waals surface area contributed by atoms with Gasteiger partial charge >= 0.3 is 0 Å². The first kappa shape index (κ1) is 12.3. The van der Waals surface area contributed by atoms with Gasteiger partial charge in [-0.05, 0) is 18.2 Å². The molecule has 0 saturated carbocycles. The van der Waals surface area contributed by atoms with Gasteiger partial charge in [-0.2, -0.15) is 5.10 Å². The van der Waals surface area contributed by atoms with E-state index < -0.39 is 4.92 Å². The summed E-state index contributed by atoms with van der Waals surface area (Å²) in [5, 5.41) is 25.4. The van der Waals surface area contributed by atoms with E-state index >= 15 is 0 Å². The Morgan fingerprint density at radius 2 is 2.05 bits per heavy atom. The lowest BCUT2D eigenvalue weighted by Crippen LogP contribution is -2.00. The van der Waals surface area contributed by atoms with Gasteiger partial charge in [0.25, 0.3) is 5.69 Å². The molecule has 0 spiro atoms. The van der Waals surface area contributed by atoms with Gasteiger partial charge in [0.05, 0.1) is 34.5 Å². The summed E-state index contributed by atoms with van der Waals surface area (Å²) in [6.07, 6.45) is 1.73. The highest BCUT2D eigenvalue weighted by Crippen LogP contribution is 2.24. The third kappa shape index (κ3) is 1.92. The topological polar surface area (TPSA) is 81.2 Å². The van der Waals surface area contributed by atoms with E-state index in [2.05, 4.69) is 5.10 Å². The normalized spacial score (nSPS) is 10.8. The monoisotopic (exact) mass is 269 g/mol. The molecule has 2 aromatic carbocycles. The van der Waals surface area contributed by atoms with Crippen LogP contribution in [0.1, 0.15) is 5.56 Å². The molecule has 100 valence electrons. The number of aliphatic hydroxyl groups is 1. The van der Waals surface area contributed by atoms with Gasteiger partial charge in [-0.25, -0.2) is 4.68 Å². The number of benzene rings is 2. The standard InChI is InChI=1S/C14H11N3O3/c18-9-11-7-12(5-6-14(11)17(19)20)16-13-4-2-1-3-10(13)8-15-16/h1-8,18H,9H2. The molecule has 0 radical (unpaired) electrons. The molecule has 6 heteroatoms. The fourth-order valence-corrected chi connectivity index (χ4v) is 2.19. The number of nitrogens with zero attached hydrogens (tertiary/aromatic N) is 3. The fourth-order valence-electron chi connectivity index (χ4n) is 2.19. The third-order valence-electron chi connectivity index (χ3n) is 3.15. The zero-order valence-electron chi connectivity index (χ0n) is 10.4. The zero-order valence-corrected chi connectivity index (χ0v) is 10.4. The Balaban J connectivity index is 2.17. The molecule has 0 fully saturated rings. The molecule has 6 nitrogen and oxygen atoms in total. The first-order chi connectivity index (χ1) is 9.70. The maximum absolute atomic E-state index is 10.9. The molecule has 0 unspecified atom stereocenters. The van der Waals surface area contributed by atoms with Crippen LogP contribution in [0.5, 0.6) is 0 Å². The summed E-state index contributed by atoms with van der Waals surface area (Å²) >= 11 is 0. The van der Waals surface area contributed by atoms with E-state index in [4.69, 9.17) is 0 Å². The van der Waals surface area contributed by atoms with Crippen molar-refractivity contribution in [3.63, 3.8) is 0 Å². The number of nitro benzene ring substituents is 1. The molecule has 1 aromatic heterocycles. The number of aliphatic hydroxyl groups excluding tert-OH is 1. The first-order valence-electron chi connectivity index (χ1n) is 6.02. The van der Waals surface area contributed by atoms with Gasteiger partial charge in [0.2, 0.25) is 0 Å². The Kier molecular flexibility index (Phi) is 2.92. The minimum absolute atomic E-state index is 0.0901. The highest BCUT2D eigenvalue weighted by atomic mass is 16.6. The van der Waals surface area contributed by atoms with Crippen LogP contribution in [0.4, 0.5) is 5.69 Å². The van der Waals surface area contributed by atoms with E-state index in [9.17, 15) is 15.2 Å². The molecule has 0 amide bonds. The second-order valence-corrected chi connectivity index (χ2v) is 4.34. The zero-order chi connectivity index (χ0) is 14.1. The molecule has 0 aliphatic carbocycles. The molecular formula is C14H11N3O3. The Hall–Kier alpha value is -2.73. The molecule has 0 aliphatic rings. The van der Waals surface area contributed by atoms with E-state index in [1.54, 1.807) is 23.0 Å². The number of rotatable bonds is 3. The lowest BCUT2D eigenvalue weighted by Gasteiger charge is -2.06. The molecule has 0 aliphatic heterocycles. The Morgan fingerprint density at radius 1 is 1.25 bits per heavy atom. The molecule has 0 atom stereocenters. The Labute approximate surface area is 114 Å². The minimum atomic E-state index is -0.503. The largest absolute Gasteiger partial charge is 0.391 e. The second kappa shape index (κ2) is 4.75. The predicted octanol–water partition coefficient (Wildman–Crippen LogP) is 2.43. The van der Waals surface area contributed by atoms with Crippen LogP contribution in [0, 0.1) is 10.1 Å². The number of fused-ring (bicyclic) bond motifs is 1. The van der Waals surface area contributed by atoms with Crippen LogP contribution in [-0.2, 0) is 6.61 Å². The predicted molar refractivity (Wildman–Crippen MR) is 73.6 cm³/mol. The number of aromatic nitrogens is 2. The molecule has 0 saturated heterocycles. The lowest BCUT2D eigenvalue weighted by atomic mass is 10.1. The van der Waals surface area contributed by atoms with Crippen molar-refractivity contribution in [1.82, 2.24) is 9.78 Å². The van der Waals surface area contributed by atoms with Crippen LogP contribution in [0.2, 0.25) is 0 Å². The summed E-state index contributed by atoms with van der Waals surface area (Å²) in [4.78, 5) is 10.4. The summed E-state index contributed by atoms with van der Waals surface area (Å²) in [5.74, 6) is 0. The van der Waals surface area contributed by atoms with Crippen molar-refractivity contribution in [2.24, 2.45) is 0 Å². The van der Waals surface area contributed by atoms with Gasteiger partial charge in [-0.15, -0.1) is 0 Å². The van der Waals surface area contributed by atoms with E-state index in [0.717, 1.165) is 10.9 Å². The molecular weight excluding hydrogens is 258 g/mol. The van der Waals surface area contributed by atoms with Crippen LogP contribution in [-0.4, -0.2) is 19.8 Å². The molecule has 3 aromatic rings. The molecule has 3 rings (SSSR count). The van der Waals surface area contributed by atoms with Gasteiger partial charge in [-0.1, -0.05) is 18.2 Å². The van der Waals surface area contributed by atoms with Crippen LogP contribution in [0.25, 0.3) is 16.6 Å². The summed E-state index contributed by atoms with van der Waals surface area (Å²) in [7, 11) is 0. The number of nitro groups is 1. The summed E-state index contributed by atoms with van der Waals surface area (Å²) < 4.78 is 1.69. The molecule has 1 N–H and O–H groups in total. The fraction of sp³-hybridized carbons (Fsp3) is 0.0714. The quantitative estimate of drug-likeness (QED) is 0.584. The average Bonchev–Trinajstić information content (AvgIpc) is 2.90. The summed E-state index contributed by atoms with van der Waals surface area (Å²) in [5.41, 5.74) is 1.77. The maximum Gasteiger partial charge on any atom is 0.275 e. The second-order valence-electron chi connectivity index (χ2n) is 4.34. The van der Waals surface area contributed by atoms with E-state index in [1.165, 1.54) is 6.07 Å². The van der Waals surface area contributed by atoms with Crippen molar-refractivity contribution < 1.29 is 10.0 Å². The van der Waals surface area contributed by atoms with Gasteiger partial charge in [0, 0.05) is 11.5 Å². The number of para-hydroxylation sites is 1. The van der Waals surface area contributed by atoms with Crippen molar-refractivity contribution in [2.45, 2.75) is 6.61 Å². The van der Waals surface area contributed by atoms with E-state index in [0.29, 0.717) is 5.69 Å². The third-order valence-corrected chi connectivity index (χ3v) is 3.15. The van der Waals surface area contributed by atoms with Crippen molar-refractivity contribution in [1.29, 1.82) is 0 Å². The van der Waals surface area contributed by atoms with Crippen LogP contribution in [0.15, 0.2) is 48.7 Å². The van der Waals surface area contributed by atoms with Crippen molar-refractivity contribution >= 4 is 16.6 Å². The van der Waals surface area contributed by atoms with Crippen molar-refractivity contribution in [3.05, 3.63) is 64.3 Å². The smallest absolute Gasteiger partial charge is 0.275 e. The number of hydrogen-bond acceptors (Lipinski definition) is 4. The lowest BCUT2D eigenvalue weighted by molar-refractivity contribution is -0.385. The molecule has 20 heavy (non-hydrogen) atoms. The van der Waals surface area contributed by atoms with Crippen molar-refractivity contribution in [3.8, 4) is 5.69 Å². The van der Waals surface area contributed by atoms with Gasteiger partial charge in [0.1, 0.15) is 0 Å². The van der Waals surface area contributed by atoms with Crippen LogP contribution < -0.4 is 0 Å². The van der Waals surface area contributed by atoms with Gasteiger partial charge in [0.15, 0.2) is 0 Å². The summed E-state index contributed by atoms with van der Waals surface area (Å²) in [6.45, 7) is -0.386.